The fourth-order valence-electron chi connectivity index (χ4n) is 2.56. The Kier molecular flexibility index (Phi) is 5.17. The maximum Gasteiger partial charge on any atom is 0.370 e. The van der Waals surface area contributed by atoms with Gasteiger partial charge < -0.3 is 30.3 Å². The lowest BCUT2D eigenvalue weighted by molar-refractivity contribution is -0.154. The molecular weight excluding hydrogens is 296 g/mol. The summed E-state index contributed by atoms with van der Waals surface area (Å²) in [7, 11) is 0. The lowest BCUT2D eigenvalue weighted by atomic mass is 9.83. The van der Waals surface area contributed by atoms with Crippen LogP contribution in [0.4, 0.5) is 0 Å². The molecule has 22 heavy (non-hydrogen) atoms. The van der Waals surface area contributed by atoms with Gasteiger partial charge in [0.15, 0.2) is 0 Å². The molecule has 124 valence electrons. The summed E-state index contributed by atoms with van der Waals surface area (Å²) in [6.07, 6.45) is -3.33. The molecule has 5 N–H and O–H groups in total. The highest BCUT2D eigenvalue weighted by molar-refractivity contribution is 5.85. The molecule has 1 fully saturated rings. The molecule has 0 aromatic rings. The van der Waals surface area contributed by atoms with Crippen LogP contribution in [0.3, 0.4) is 0 Å². The van der Waals surface area contributed by atoms with Crippen molar-refractivity contribution in [2.75, 3.05) is 6.61 Å². The number of ketones is 1. The first-order valence-electron chi connectivity index (χ1n) is 7.14. The second kappa shape index (κ2) is 6.74. The van der Waals surface area contributed by atoms with Crippen LogP contribution in [0.1, 0.15) is 19.3 Å². The molecular formula is C14H20O8. The number of carboxylic acid groups (broad SMARTS) is 1. The number of ether oxygens (including phenoxy) is 1. The standard InChI is InChI=1S/C14H20O8/c15-5-10(18)12(19)13-7(3-8(16)6-1-2-6)9(17)4-11(22-13)14(20)21/h4,6-7,9-10,12-13,15,17-19H,1-3,5H2,(H,20,21)/t7-,9-,10?,12?,13?/m1/s1. The van der Waals surface area contributed by atoms with Crippen molar-refractivity contribution in [1.82, 2.24) is 0 Å². The molecule has 0 radical (unpaired) electrons. The average Bonchev–Trinajstić information content (AvgIpc) is 3.31. The van der Waals surface area contributed by atoms with Gasteiger partial charge in [0.1, 0.15) is 24.1 Å². The van der Waals surface area contributed by atoms with E-state index in [4.69, 9.17) is 14.9 Å². The quantitative estimate of drug-likeness (QED) is 0.378. The van der Waals surface area contributed by atoms with Crippen molar-refractivity contribution in [3.63, 3.8) is 0 Å². The number of aliphatic hydroxyl groups is 4. The van der Waals surface area contributed by atoms with Crippen LogP contribution < -0.4 is 0 Å². The van der Waals surface area contributed by atoms with Gasteiger partial charge in [-0.2, -0.15) is 0 Å². The van der Waals surface area contributed by atoms with Gasteiger partial charge in [0, 0.05) is 18.3 Å². The zero-order chi connectivity index (χ0) is 16.4. The Morgan fingerprint density at radius 1 is 1.32 bits per heavy atom. The molecule has 0 aromatic carbocycles. The SMILES string of the molecule is O=C(O)C1=C[C@@H](O)[C@@H](CC(=O)C2CC2)C(C(O)C(O)CO)O1. The maximum absolute atomic E-state index is 11.9. The van der Waals surface area contributed by atoms with Crippen LogP contribution in [0, 0.1) is 11.8 Å². The molecule has 2 aliphatic rings. The molecule has 1 aliphatic heterocycles. The third-order valence-corrected chi connectivity index (χ3v) is 4.04. The van der Waals surface area contributed by atoms with Gasteiger partial charge in [0.25, 0.3) is 0 Å². The molecule has 2 rings (SSSR count). The second-order valence-corrected chi connectivity index (χ2v) is 5.76. The van der Waals surface area contributed by atoms with Crippen molar-refractivity contribution in [2.45, 2.75) is 43.7 Å². The molecule has 1 aliphatic carbocycles. The van der Waals surface area contributed by atoms with Crippen LogP contribution in [0.2, 0.25) is 0 Å². The smallest absolute Gasteiger partial charge is 0.370 e. The van der Waals surface area contributed by atoms with Crippen molar-refractivity contribution in [3.8, 4) is 0 Å². The van der Waals surface area contributed by atoms with Crippen LogP contribution >= 0.6 is 0 Å². The summed E-state index contributed by atoms with van der Waals surface area (Å²) in [6, 6.07) is 0. The third kappa shape index (κ3) is 3.64. The highest BCUT2D eigenvalue weighted by atomic mass is 16.5. The van der Waals surface area contributed by atoms with Crippen molar-refractivity contribution < 1.29 is 39.9 Å². The monoisotopic (exact) mass is 316 g/mol. The predicted molar refractivity (Wildman–Crippen MR) is 71.5 cm³/mol. The second-order valence-electron chi connectivity index (χ2n) is 5.76. The molecule has 0 spiro atoms. The fraction of sp³-hybridized carbons (Fsp3) is 0.714. The topological polar surface area (TPSA) is 145 Å². The average molecular weight is 316 g/mol. The predicted octanol–water partition coefficient (Wildman–Crippen LogP) is -1.59. The van der Waals surface area contributed by atoms with E-state index in [9.17, 15) is 24.9 Å². The van der Waals surface area contributed by atoms with Crippen LogP contribution in [-0.2, 0) is 14.3 Å². The Labute approximate surface area is 126 Å². The van der Waals surface area contributed by atoms with Gasteiger partial charge in [-0.25, -0.2) is 4.79 Å². The Morgan fingerprint density at radius 2 is 1.95 bits per heavy atom. The fourth-order valence-corrected chi connectivity index (χ4v) is 2.56. The Balaban J connectivity index is 2.20. The van der Waals surface area contributed by atoms with E-state index in [1.165, 1.54) is 0 Å². The highest BCUT2D eigenvalue weighted by Gasteiger charge is 2.44. The van der Waals surface area contributed by atoms with Crippen LogP contribution in [-0.4, -0.2) is 68.3 Å². The zero-order valence-electron chi connectivity index (χ0n) is 11.8. The van der Waals surface area contributed by atoms with Crippen molar-refractivity contribution in [1.29, 1.82) is 0 Å². The summed E-state index contributed by atoms with van der Waals surface area (Å²) in [5, 5.41) is 47.5. The van der Waals surface area contributed by atoms with E-state index in [1.807, 2.05) is 0 Å². The highest BCUT2D eigenvalue weighted by Crippen LogP contribution is 2.36. The van der Waals surface area contributed by atoms with Crippen LogP contribution in [0.25, 0.3) is 0 Å². The van der Waals surface area contributed by atoms with E-state index in [2.05, 4.69) is 0 Å². The summed E-state index contributed by atoms with van der Waals surface area (Å²) in [5.41, 5.74) is 0. The van der Waals surface area contributed by atoms with E-state index < -0.39 is 48.7 Å². The molecule has 0 amide bonds. The molecule has 3 unspecified atom stereocenters. The number of rotatable bonds is 7. The number of hydrogen-bond acceptors (Lipinski definition) is 7. The summed E-state index contributed by atoms with van der Waals surface area (Å²) in [5.74, 6) is -3.01. The van der Waals surface area contributed by atoms with Crippen LogP contribution in [0.5, 0.6) is 0 Å². The molecule has 8 heteroatoms. The third-order valence-electron chi connectivity index (χ3n) is 4.04. The van der Waals surface area contributed by atoms with Crippen molar-refractivity contribution in [2.24, 2.45) is 11.8 Å². The Bertz CT molecular complexity index is 469. The first kappa shape index (κ1) is 16.9. The molecule has 5 atom stereocenters. The number of carbonyl (C=O) groups is 2. The minimum Gasteiger partial charge on any atom is -0.480 e. The van der Waals surface area contributed by atoms with Gasteiger partial charge >= 0.3 is 5.97 Å². The molecule has 1 saturated carbocycles. The van der Waals surface area contributed by atoms with Crippen molar-refractivity contribution >= 4 is 11.8 Å². The normalized spacial score (nSPS) is 30.9. The minimum absolute atomic E-state index is 0.0578. The lowest BCUT2D eigenvalue weighted by Gasteiger charge is -2.37. The lowest BCUT2D eigenvalue weighted by Crippen LogP contribution is -2.51. The van der Waals surface area contributed by atoms with Gasteiger partial charge in [-0.1, -0.05) is 0 Å². The first-order chi connectivity index (χ1) is 10.3. The number of Topliss-reactive ketones (excluding diaryl/α,β-unsaturated/α-hetero) is 1. The van der Waals surface area contributed by atoms with Crippen molar-refractivity contribution in [3.05, 3.63) is 11.8 Å². The summed E-state index contributed by atoms with van der Waals surface area (Å²) >= 11 is 0. The van der Waals surface area contributed by atoms with Crippen LogP contribution in [0.15, 0.2) is 11.8 Å². The molecule has 0 bridgehead atoms. The molecule has 1 heterocycles. The van der Waals surface area contributed by atoms with Gasteiger partial charge in [0.2, 0.25) is 5.76 Å². The van der Waals surface area contributed by atoms with Gasteiger partial charge in [-0.05, 0) is 18.9 Å². The number of aliphatic hydroxyl groups excluding tert-OH is 4. The van der Waals surface area contributed by atoms with Gasteiger partial charge in [-0.3, -0.25) is 4.79 Å². The number of hydrogen-bond donors (Lipinski definition) is 5. The molecule has 8 nitrogen and oxygen atoms in total. The Morgan fingerprint density at radius 3 is 2.45 bits per heavy atom. The first-order valence-corrected chi connectivity index (χ1v) is 7.14. The van der Waals surface area contributed by atoms with E-state index in [0.717, 1.165) is 18.9 Å². The van der Waals surface area contributed by atoms with Gasteiger partial charge in [-0.15, -0.1) is 0 Å². The number of aliphatic carboxylic acids is 1. The number of carboxylic acids is 1. The number of carbonyl (C=O) groups excluding carboxylic acids is 1. The zero-order valence-corrected chi connectivity index (χ0v) is 11.8. The van der Waals surface area contributed by atoms with E-state index in [1.54, 1.807) is 0 Å². The van der Waals surface area contributed by atoms with E-state index in [0.29, 0.717) is 0 Å². The molecule has 0 aromatic heterocycles. The maximum atomic E-state index is 11.9. The molecule has 0 saturated heterocycles. The largest absolute Gasteiger partial charge is 0.480 e. The van der Waals surface area contributed by atoms with E-state index >= 15 is 0 Å². The Hall–Kier alpha value is -1.48. The van der Waals surface area contributed by atoms with Gasteiger partial charge in [0.05, 0.1) is 12.7 Å². The summed E-state index contributed by atoms with van der Waals surface area (Å²) in [6.45, 7) is -0.757. The van der Waals surface area contributed by atoms with E-state index in [-0.39, 0.29) is 18.1 Å². The summed E-state index contributed by atoms with van der Waals surface area (Å²) in [4.78, 5) is 22.9. The summed E-state index contributed by atoms with van der Waals surface area (Å²) < 4.78 is 5.14. The minimum atomic E-state index is -1.63.